The molecule has 35 valence electrons. The van der Waals surface area contributed by atoms with Crippen molar-refractivity contribution in [1.82, 2.24) is 0 Å². The molecule has 0 aromatic heterocycles. The standard InChI is InChI=1S/C4H11P.Y/c1-4-5(2)3;/h5H,2,4H2,1,3H3;. The molecule has 0 saturated carbocycles. The van der Waals surface area contributed by atoms with Crippen LogP contribution in [0.4, 0.5) is 0 Å². The second-order valence-corrected chi connectivity index (χ2v) is 3.93. The Labute approximate surface area is 66.0 Å². The third kappa shape index (κ3) is 9.05. The summed E-state index contributed by atoms with van der Waals surface area (Å²) in [5.74, 6) is 0. The zero-order chi connectivity index (χ0) is 4.28. The molecule has 0 aromatic rings. The van der Waals surface area contributed by atoms with Gasteiger partial charge < -0.3 is 0 Å². The third-order valence-electron chi connectivity index (χ3n) is 0.604. The van der Waals surface area contributed by atoms with E-state index in [4.69, 9.17) is 0 Å². The van der Waals surface area contributed by atoms with Crippen LogP contribution in [0.2, 0.25) is 0 Å². The SMILES string of the molecule is C=[PH](C)CC.[Y]. The molecule has 1 radical (unpaired) electrons. The van der Waals surface area contributed by atoms with Gasteiger partial charge in [0.1, 0.15) is 0 Å². The van der Waals surface area contributed by atoms with Crippen LogP contribution in [0.15, 0.2) is 0 Å². The van der Waals surface area contributed by atoms with Gasteiger partial charge in [0, 0.05) is 32.7 Å². The summed E-state index contributed by atoms with van der Waals surface area (Å²) in [6.07, 6.45) is 5.16. The molecule has 0 aliphatic carbocycles. The largest absolute Gasteiger partial charge is 0.128 e. The van der Waals surface area contributed by atoms with E-state index < -0.39 is 0 Å². The quantitative estimate of drug-likeness (QED) is 0.532. The Morgan fingerprint density at radius 3 is 1.83 bits per heavy atom. The zero-order valence-corrected chi connectivity index (χ0v) is 8.33. The summed E-state index contributed by atoms with van der Waals surface area (Å²) < 4.78 is 0. The van der Waals surface area contributed by atoms with E-state index in [-0.39, 0.29) is 40.3 Å². The molecule has 0 aromatic carbocycles. The van der Waals surface area contributed by atoms with Crippen LogP contribution in [0.25, 0.3) is 0 Å². The van der Waals surface area contributed by atoms with Crippen molar-refractivity contribution < 1.29 is 32.7 Å². The van der Waals surface area contributed by atoms with Crippen molar-refractivity contribution in [2.24, 2.45) is 0 Å². The summed E-state index contributed by atoms with van der Waals surface area (Å²) in [7, 11) is -0.124. The molecule has 0 bridgehead atoms. The van der Waals surface area contributed by atoms with Gasteiger partial charge in [-0.1, -0.05) is 6.92 Å². The average molecular weight is 179 g/mol. The first-order valence-electron chi connectivity index (χ1n) is 1.91. The van der Waals surface area contributed by atoms with Gasteiger partial charge in [0.15, 0.2) is 0 Å². The minimum atomic E-state index is -0.124. The zero-order valence-electron chi connectivity index (χ0n) is 4.49. The van der Waals surface area contributed by atoms with Crippen LogP contribution in [0.1, 0.15) is 6.92 Å². The molecule has 0 nitrogen and oxygen atoms in total. The van der Waals surface area contributed by atoms with E-state index in [2.05, 4.69) is 19.9 Å². The summed E-state index contributed by atoms with van der Waals surface area (Å²) >= 11 is 0. The molecule has 0 aliphatic rings. The summed E-state index contributed by atoms with van der Waals surface area (Å²) in [6, 6.07) is 0. The average Bonchev–Trinajstić information content (AvgIpc) is 1.38. The minimum Gasteiger partial charge on any atom is -0.128 e. The fraction of sp³-hybridized carbons (Fsp3) is 0.750. The Bertz CT molecular complexity index is 42.8. The van der Waals surface area contributed by atoms with Crippen molar-refractivity contribution in [2.75, 3.05) is 12.8 Å². The molecule has 0 heterocycles. The smallest absolute Gasteiger partial charge is 0 e. The molecular weight excluding hydrogens is 168 g/mol. The second-order valence-electron chi connectivity index (χ2n) is 1.31. The van der Waals surface area contributed by atoms with Gasteiger partial charge in [-0.3, -0.25) is 0 Å². The number of hydrogen-bond donors (Lipinski definition) is 0. The molecule has 6 heavy (non-hydrogen) atoms. The van der Waals surface area contributed by atoms with E-state index >= 15 is 0 Å². The molecule has 1 atom stereocenters. The van der Waals surface area contributed by atoms with Crippen LogP contribution in [0.5, 0.6) is 0 Å². The Hall–Kier alpha value is 1.40. The third-order valence-corrected chi connectivity index (χ3v) is 1.81. The predicted octanol–water partition coefficient (Wildman–Crippen LogP) is 1.28. The first kappa shape index (κ1) is 10.4. The van der Waals surface area contributed by atoms with Crippen molar-refractivity contribution in [3.8, 4) is 0 Å². The summed E-state index contributed by atoms with van der Waals surface area (Å²) in [4.78, 5) is 0. The van der Waals surface area contributed by atoms with E-state index in [0.29, 0.717) is 0 Å². The molecule has 0 N–H and O–H groups in total. The van der Waals surface area contributed by atoms with Gasteiger partial charge in [-0.15, -0.1) is 13.8 Å². The van der Waals surface area contributed by atoms with Crippen LogP contribution in [-0.4, -0.2) is 19.1 Å². The summed E-state index contributed by atoms with van der Waals surface area (Å²) in [5, 5.41) is 0. The van der Waals surface area contributed by atoms with Gasteiger partial charge in [0.05, 0.1) is 0 Å². The van der Waals surface area contributed by atoms with Crippen molar-refractivity contribution in [3.05, 3.63) is 0 Å². The van der Waals surface area contributed by atoms with Crippen molar-refractivity contribution >= 4 is 13.8 Å². The fourth-order valence-corrected chi connectivity index (χ4v) is 0. The number of rotatable bonds is 1. The van der Waals surface area contributed by atoms with Gasteiger partial charge in [-0.25, -0.2) is 0 Å². The molecule has 0 fully saturated rings. The molecule has 1 unspecified atom stereocenters. The van der Waals surface area contributed by atoms with Crippen molar-refractivity contribution in [1.29, 1.82) is 0 Å². The van der Waals surface area contributed by atoms with Crippen LogP contribution in [0, 0.1) is 0 Å². The van der Waals surface area contributed by atoms with Crippen LogP contribution in [0.3, 0.4) is 0 Å². The van der Waals surface area contributed by atoms with Gasteiger partial charge in [0.2, 0.25) is 0 Å². The summed E-state index contributed by atoms with van der Waals surface area (Å²) in [6.45, 7) is 4.39. The Balaban J connectivity index is 0. The van der Waals surface area contributed by atoms with E-state index in [1.807, 2.05) is 0 Å². The molecule has 0 rings (SSSR count). The molecule has 2 heteroatoms. The van der Waals surface area contributed by atoms with Crippen molar-refractivity contribution in [2.45, 2.75) is 6.92 Å². The van der Waals surface area contributed by atoms with Crippen molar-refractivity contribution in [3.63, 3.8) is 0 Å². The molecule has 0 amide bonds. The van der Waals surface area contributed by atoms with Crippen LogP contribution >= 0.6 is 7.55 Å². The van der Waals surface area contributed by atoms with Crippen LogP contribution < -0.4 is 0 Å². The Morgan fingerprint density at radius 1 is 1.67 bits per heavy atom. The maximum absolute atomic E-state index is 3.86. The maximum Gasteiger partial charge on any atom is 0 e. The molecule has 0 saturated heterocycles. The maximum atomic E-state index is 3.86. The second kappa shape index (κ2) is 6.40. The van der Waals surface area contributed by atoms with Crippen LogP contribution in [-0.2, 0) is 32.7 Å². The topological polar surface area (TPSA) is 0 Å². The normalized spacial score (nSPS) is 12.3. The van der Waals surface area contributed by atoms with Gasteiger partial charge >= 0.3 is 0 Å². The monoisotopic (exact) mass is 179 g/mol. The number of hydrogen-bond acceptors (Lipinski definition) is 0. The fourth-order valence-electron chi connectivity index (χ4n) is 0. The van der Waals surface area contributed by atoms with Gasteiger partial charge in [0.25, 0.3) is 0 Å². The van der Waals surface area contributed by atoms with E-state index in [0.717, 1.165) is 0 Å². The van der Waals surface area contributed by atoms with Gasteiger partial charge in [-0.2, -0.15) is 0 Å². The molecule has 0 spiro atoms. The van der Waals surface area contributed by atoms with E-state index in [1.54, 1.807) is 0 Å². The Morgan fingerprint density at radius 2 is 1.83 bits per heavy atom. The summed E-state index contributed by atoms with van der Waals surface area (Å²) in [5.41, 5.74) is 0. The van der Waals surface area contributed by atoms with E-state index in [9.17, 15) is 0 Å². The molecular formula is C4H11PY. The Kier molecular flexibility index (Phi) is 11.1. The first-order valence-corrected chi connectivity index (χ1v) is 4.33. The molecule has 0 aliphatic heterocycles. The van der Waals surface area contributed by atoms with Gasteiger partial charge in [-0.05, 0) is 12.8 Å². The predicted molar refractivity (Wildman–Crippen MR) is 31.9 cm³/mol. The van der Waals surface area contributed by atoms with E-state index in [1.165, 1.54) is 6.16 Å². The first-order chi connectivity index (χ1) is 2.27. The minimum absolute atomic E-state index is 0.